The molecule has 102 valence electrons. The quantitative estimate of drug-likeness (QED) is 0.365. The lowest BCUT2D eigenvalue weighted by Crippen LogP contribution is -2.38. The van der Waals surface area contributed by atoms with E-state index in [4.69, 9.17) is 0 Å². The van der Waals surface area contributed by atoms with Gasteiger partial charge in [0.25, 0.3) is 0 Å². The Kier molecular flexibility index (Phi) is 14.0. The molecule has 0 amide bonds. The maximum atomic E-state index is 4.21. The van der Waals surface area contributed by atoms with Crippen LogP contribution < -0.4 is 10.6 Å². The summed E-state index contributed by atoms with van der Waals surface area (Å²) in [5.74, 6) is 3.45. The molecule has 0 radical (unpaired) electrons. The van der Waals surface area contributed by atoms with Gasteiger partial charge in [-0.1, -0.05) is 0 Å². The van der Waals surface area contributed by atoms with Gasteiger partial charge in [0.15, 0.2) is 5.96 Å². The van der Waals surface area contributed by atoms with Crippen molar-refractivity contribution < 1.29 is 0 Å². The zero-order chi connectivity index (χ0) is 12.8. The molecule has 2 N–H and O–H groups in total. The first kappa shape index (κ1) is 17.0. The number of rotatable bonds is 10. The average Bonchev–Trinajstić information content (AvgIpc) is 2.36. The first-order chi connectivity index (χ1) is 8.35. The highest BCUT2D eigenvalue weighted by Gasteiger charge is 1.96. The largest absolute Gasteiger partial charge is 0.356 e. The van der Waals surface area contributed by atoms with Gasteiger partial charge in [0.1, 0.15) is 0 Å². The Morgan fingerprint density at radius 3 is 1.71 bits per heavy atom. The van der Waals surface area contributed by atoms with Crippen LogP contribution in [-0.4, -0.2) is 50.1 Å². The molecule has 0 fully saturated rings. The number of nitrogens with one attached hydrogen (secondary N) is 2. The fourth-order valence-electron chi connectivity index (χ4n) is 1.38. The minimum absolute atomic E-state index is 0.943. The van der Waals surface area contributed by atoms with Crippen molar-refractivity contribution in [3.63, 3.8) is 0 Å². The van der Waals surface area contributed by atoms with Crippen LogP contribution >= 0.6 is 23.5 Å². The lowest BCUT2D eigenvalue weighted by molar-refractivity contribution is 0.709. The van der Waals surface area contributed by atoms with Crippen molar-refractivity contribution in [1.29, 1.82) is 0 Å². The molecule has 0 aromatic heterocycles. The molecule has 5 heteroatoms. The van der Waals surface area contributed by atoms with E-state index in [9.17, 15) is 0 Å². The Bertz CT molecular complexity index is 171. The molecule has 3 nitrogen and oxygen atoms in total. The second kappa shape index (κ2) is 14.0. The zero-order valence-electron chi connectivity index (χ0n) is 11.4. The van der Waals surface area contributed by atoms with Crippen LogP contribution in [0.2, 0.25) is 0 Å². The van der Waals surface area contributed by atoms with Crippen LogP contribution in [0.5, 0.6) is 0 Å². The summed E-state index contributed by atoms with van der Waals surface area (Å²) < 4.78 is 0. The Balaban J connectivity index is 3.37. The molecule has 0 aliphatic rings. The van der Waals surface area contributed by atoms with E-state index in [1.807, 2.05) is 30.6 Å². The van der Waals surface area contributed by atoms with Crippen LogP contribution in [0.15, 0.2) is 4.99 Å². The summed E-state index contributed by atoms with van der Waals surface area (Å²) >= 11 is 3.82. The van der Waals surface area contributed by atoms with E-state index in [1.165, 1.54) is 37.2 Å². The summed E-state index contributed by atoms with van der Waals surface area (Å²) in [6, 6.07) is 0. The molecule has 0 aromatic rings. The van der Waals surface area contributed by atoms with Crippen LogP contribution in [0.3, 0.4) is 0 Å². The predicted octanol–water partition coefficient (Wildman–Crippen LogP) is 2.44. The van der Waals surface area contributed by atoms with Gasteiger partial charge in [-0.2, -0.15) is 23.5 Å². The standard InChI is InChI=1S/C12H27N3S2/c1-13-12(14-8-4-6-10-16-2)15-9-5-7-11-17-3/h4-11H2,1-3H3,(H2,13,14,15). The van der Waals surface area contributed by atoms with Crippen molar-refractivity contribution in [2.75, 3.05) is 44.2 Å². The van der Waals surface area contributed by atoms with Crippen molar-refractivity contribution in [2.24, 2.45) is 4.99 Å². The molecule has 0 heterocycles. The molecule has 0 aromatic carbocycles. The maximum absolute atomic E-state index is 4.21. The minimum Gasteiger partial charge on any atom is -0.356 e. The Hall–Kier alpha value is -0.0300. The molecule has 0 spiro atoms. The minimum atomic E-state index is 0.943. The fourth-order valence-corrected chi connectivity index (χ4v) is 2.36. The summed E-state index contributed by atoms with van der Waals surface area (Å²) in [5.41, 5.74) is 0. The molecule has 0 rings (SSSR count). The average molecular weight is 278 g/mol. The van der Waals surface area contributed by atoms with Crippen molar-refractivity contribution in [3.05, 3.63) is 0 Å². The van der Waals surface area contributed by atoms with Gasteiger partial charge in [0, 0.05) is 20.1 Å². The molecule has 0 aliphatic carbocycles. The highest BCUT2D eigenvalue weighted by atomic mass is 32.2. The van der Waals surface area contributed by atoms with Crippen molar-refractivity contribution in [2.45, 2.75) is 25.7 Å². The summed E-state index contributed by atoms with van der Waals surface area (Å²) in [6.07, 6.45) is 9.30. The fraction of sp³-hybridized carbons (Fsp3) is 0.917. The van der Waals surface area contributed by atoms with Gasteiger partial charge in [0.05, 0.1) is 0 Å². The second-order valence-electron chi connectivity index (χ2n) is 3.83. The number of unbranched alkanes of at least 4 members (excludes halogenated alkanes) is 2. The van der Waals surface area contributed by atoms with E-state index in [-0.39, 0.29) is 0 Å². The summed E-state index contributed by atoms with van der Waals surface area (Å²) in [5, 5.41) is 6.69. The molecule has 0 bridgehead atoms. The molecular formula is C12H27N3S2. The normalized spacial score (nSPS) is 10.1. The summed E-state index contributed by atoms with van der Waals surface area (Å²) in [7, 11) is 1.83. The smallest absolute Gasteiger partial charge is 0.190 e. The SMILES string of the molecule is CN=C(NCCCCSC)NCCCCSC. The van der Waals surface area contributed by atoms with Crippen LogP contribution in [0, 0.1) is 0 Å². The van der Waals surface area contributed by atoms with E-state index in [0.717, 1.165) is 19.0 Å². The van der Waals surface area contributed by atoms with E-state index >= 15 is 0 Å². The second-order valence-corrected chi connectivity index (χ2v) is 5.80. The predicted molar refractivity (Wildman–Crippen MR) is 84.6 cm³/mol. The number of hydrogen-bond donors (Lipinski definition) is 2. The van der Waals surface area contributed by atoms with E-state index in [0.29, 0.717) is 0 Å². The van der Waals surface area contributed by atoms with Crippen LogP contribution in [0.25, 0.3) is 0 Å². The first-order valence-electron chi connectivity index (χ1n) is 6.27. The molecule has 0 unspecified atom stereocenters. The topological polar surface area (TPSA) is 36.4 Å². The molecule has 0 saturated heterocycles. The Labute approximate surface area is 115 Å². The number of thioether (sulfide) groups is 2. The van der Waals surface area contributed by atoms with Gasteiger partial charge in [-0.3, -0.25) is 4.99 Å². The third kappa shape index (κ3) is 12.2. The van der Waals surface area contributed by atoms with Gasteiger partial charge >= 0.3 is 0 Å². The maximum Gasteiger partial charge on any atom is 0.190 e. The van der Waals surface area contributed by atoms with Gasteiger partial charge in [-0.05, 0) is 49.7 Å². The lowest BCUT2D eigenvalue weighted by atomic mass is 10.3. The van der Waals surface area contributed by atoms with Gasteiger partial charge in [0.2, 0.25) is 0 Å². The number of aliphatic imine (C=N–C) groups is 1. The van der Waals surface area contributed by atoms with Gasteiger partial charge in [-0.15, -0.1) is 0 Å². The van der Waals surface area contributed by atoms with Crippen LogP contribution in [0.4, 0.5) is 0 Å². The van der Waals surface area contributed by atoms with E-state index < -0.39 is 0 Å². The molecular weight excluding hydrogens is 250 g/mol. The van der Waals surface area contributed by atoms with Gasteiger partial charge in [-0.25, -0.2) is 0 Å². The van der Waals surface area contributed by atoms with Crippen molar-refractivity contribution in [3.8, 4) is 0 Å². The molecule has 0 aliphatic heterocycles. The Morgan fingerprint density at radius 2 is 1.35 bits per heavy atom. The third-order valence-electron chi connectivity index (χ3n) is 2.36. The molecule has 0 saturated carbocycles. The van der Waals surface area contributed by atoms with Crippen LogP contribution in [0.1, 0.15) is 25.7 Å². The highest BCUT2D eigenvalue weighted by Crippen LogP contribution is 1.98. The van der Waals surface area contributed by atoms with E-state index in [1.54, 1.807) is 0 Å². The number of guanidine groups is 1. The Morgan fingerprint density at radius 1 is 0.882 bits per heavy atom. The van der Waals surface area contributed by atoms with Crippen molar-refractivity contribution >= 4 is 29.5 Å². The summed E-state index contributed by atoms with van der Waals surface area (Å²) in [4.78, 5) is 4.21. The van der Waals surface area contributed by atoms with Crippen LogP contribution in [-0.2, 0) is 0 Å². The van der Waals surface area contributed by atoms with Crippen molar-refractivity contribution in [1.82, 2.24) is 10.6 Å². The third-order valence-corrected chi connectivity index (χ3v) is 3.75. The zero-order valence-corrected chi connectivity index (χ0v) is 13.1. The first-order valence-corrected chi connectivity index (χ1v) is 9.06. The van der Waals surface area contributed by atoms with Gasteiger partial charge < -0.3 is 10.6 Å². The highest BCUT2D eigenvalue weighted by molar-refractivity contribution is 7.98. The lowest BCUT2D eigenvalue weighted by Gasteiger charge is -2.11. The number of hydrogen-bond acceptors (Lipinski definition) is 3. The molecule has 17 heavy (non-hydrogen) atoms. The van der Waals surface area contributed by atoms with E-state index in [2.05, 4.69) is 28.1 Å². The summed E-state index contributed by atoms with van der Waals surface area (Å²) in [6.45, 7) is 2.04. The monoisotopic (exact) mass is 277 g/mol. The number of nitrogens with zero attached hydrogens (tertiary/aromatic N) is 1. The molecule has 0 atom stereocenters.